The van der Waals surface area contributed by atoms with E-state index in [4.69, 9.17) is 0 Å². The molecule has 2 fully saturated rings. The largest absolute Gasteiger partial charge is 0.351 e. The number of carbonyl (C=O) groups excluding carboxylic acids is 2. The number of hydrogen-bond acceptors (Lipinski definition) is 4. The highest BCUT2D eigenvalue weighted by atomic mass is 16.2. The van der Waals surface area contributed by atoms with Crippen molar-refractivity contribution in [3.63, 3.8) is 0 Å². The van der Waals surface area contributed by atoms with E-state index in [1.807, 2.05) is 0 Å². The van der Waals surface area contributed by atoms with E-state index in [1.54, 1.807) is 13.8 Å². The lowest BCUT2D eigenvalue weighted by Crippen LogP contribution is -2.41. The lowest BCUT2D eigenvalue weighted by molar-refractivity contribution is -0.124. The molecule has 2 unspecified atom stereocenters. The second-order valence-electron chi connectivity index (χ2n) is 7.27. The maximum Gasteiger partial charge on any atom is 0.246 e. The predicted octanol–water partition coefficient (Wildman–Crippen LogP) is 3.11. The van der Waals surface area contributed by atoms with Gasteiger partial charge in [0, 0.05) is 12.1 Å². The highest BCUT2D eigenvalue weighted by Crippen LogP contribution is 2.18. The molecule has 0 spiro atoms. The van der Waals surface area contributed by atoms with Crippen LogP contribution in [0.5, 0.6) is 0 Å². The molecule has 0 radical (unpaired) electrons. The molecular formula is C18H32N4O2. The fraction of sp³-hybridized carbons (Fsp3) is 0.889. The number of nitrogens with one attached hydrogen (secondary N) is 2. The number of carbonyl (C=O) groups is 2. The Morgan fingerprint density at radius 1 is 0.708 bits per heavy atom. The molecule has 2 N–H and O–H groups in total. The second kappa shape index (κ2) is 9.74. The van der Waals surface area contributed by atoms with Crippen LogP contribution in [-0.2, 0) is 9.59 Å². The minimum atomic E-state index is -0.545. The van der Waals surface area contributed by atoms with Gasteiger partial charge >= 0.3 is 0 Å². The van der Waals surface area contributed by atoms with Crippen molar-refractivity contribution >= 4 is 11.8 Å². The van der Waals surface area contributed by atoms with E-state index >= 15 is 0 Å². The molecule has 6 heteroatoms. The van der Waals surface area contributed by atoms with Gasteiger partial charge < -0.3 is 10.6 Å². The smallest absolute Gasteiger partial charge is 0.246 e. The van der Waals surface area contributed by atoms with Gasteiger partial charge in [0.05, 0.1) is 0 Å². The van der Waals surface area contributed by atoms with E-state index in [-0.39, 0.29) is 23.9 Å². The van der Waals surface area contributed by atoms with Crippen LogP contribution in [0.4, 0.5) is 0 Å². The predicted molar refractivity (Wildman–Crippen MR) is 93.8 cm³/mol. The summed E-state index contributed by atoms with van der Waals surface area (Å²) in [5.41, 5.74) is 0. The minimum absolute atomic E-state index is 0.0921. The van der Waals surface area contributed by atoms with Crippen LogP contribution in [0.25, 0.3) is 0 Å². The molecule has 24 heavy (non-hydrogen) atoms. The lowest BCUT2D eigenvalue weighted by Gasteiger charge is -2.24. The van der Waals surface area contributed by atoms with Gasteiger partial charge in [0.2, 0.25) is 11.8 Å². The number of amides is 2. The molecule has 2 saturated carbocycles. The van der Waals surface area contributed by atoms with E-state index in [0.717, 1.165) is 25.7 Å². The third-order valence-electron chi connectivity index (χ3n) is 5.08. The van der Waals surface area contributed by atoms with Crippen molar-refractivity contribution in [1.82, 2.24) is 10.6 Å². The van der Waals surface area contributed by atoms with Gasteiger partial charge in [-0.1, -0.05) is 38.5 Å². The summed E-state index contributed by atoms with van der Waals surface area (Å²) in [6.45, 7) is 3.46. The zero-order chi connectivity index (χ0) is 17.4. The van der Waals surface area contributed by atoms with E-state index in [1.165, 1.54) is 38.5 Å². The zero-order valence-corrected chi connectivity index (χ0v) is 15.1. The molecule has 6 nitrogen and oxygen atoms in total. The Hall–Kier alpha value is -1.46. The molecule has 0 aromatic heterocycles. The molecule has 0 saturated heterocycles. The van der Waals surface area contributed by atoms with Gasteiger partial charge in [0.15, 0.2) is 0 Å². The topological polar surface area (TPSA) is 82.9 Å². The van der Waals surface area contributed by atoms with Crippen LogP contribution in [0, 0.1) is 0 Å². The molecule has 2 aliphatic rings. The summed E-state index contributed by atoms with van der Waals surface area (Å²) in [6.07, 6.45) is 11.4. The molecule has 0 heterocycles. The van der Waals surface area contributed by atoms with Gasteiger partial charge in [-0.15, -0.1) is 0 Å². The van der Waals surface area contributed by atoms with Gasteiger partial charge in [-0.25, -0.2) is 0 Å². The van der Waals surface area contributed by atoms with Crippen molar-refractivity contribution in [3.05, 3.63) is 0 Å². The van der Waals surface area contributed by atoms with E-state index in [0.29, 0.717) is 0 Å². The van der Waals surface area contributed by atoms with Crippen molar-refractivity contribution in [2.45, 2.75) is 102 Å². The quantitative estimate of drug-likeness (QED) is 0.731. The molecule has 2 amide bonds. The van der Waals surface area contributed by atoms with E-state index in [2.05, 4.69) is 20.9 Å². The van der Waals surface area contributed by atoms with Crippen molar-refractivity contribution in [2.24, 2.45) is 10.2 Å². The molecule has 2 rings (SSSR count). The van der Waals surface area contributed by atoms with Crippen LogP contribution >= 0.6 is 0 Å². The SMILES string of the molecule is CC(N=NC(C)C(=O)NC1CCCCC1)C(=O)NC1CCCCC1. The maximum absolute atomic E-state index is 12.1. The van der Waals surface area contributed by atoms with Crippen LogP contribution in [0.2, 0.25) is 0 Å². The summed E-state index contributed by atoms with van der Waals surface area (Å²) in [7, 11) is 0. The third kappa shape index (κ3) is 6.21. The highest BCUT2D eigenvalue weighted by molar-refractivity contribution is 5.82. The summed E-state index contributed by atoms with van der Waals surface area (Å²) < 4.78 is 0. The number of rotatable bonds is 6. The summed E-state index contributed by atoms with van der Waals surface area (Å²) >= 11 is 0. The molecule has 0 aromatic rings. The summed E-state index contributed by atoms with van der Waals surface area (Å²) in [5, 5.41) is 14.2. The molecule has 2 aliphatic carbocycles. The molecular weight excluding hydrogens is 304 g/mol. The molecule has 0 aromatic carbocycles. The van der Waals surface area contributed by atoms with Crippen LogP contribution in [0.3, 0.4) is 0 Å². The Balaban J connectivity index is 1.73. The van der Waals surface area contributed by atoms with Crippen LogP contribution < -0.4 is 10.6 Å². The summed E-state index contributed by atoms with van der Waals surface area (Å²) in [6, 6.07) is -0.541. The van der Waals surface area contributed by atoms with Gasteiger partial charge in [-0.05, 0) is 39.5 Å². The monoisotopic (exact) mass is 336 g/mol. The van der Waals surface area contributed by atoms with Crippen molar-refractivity contribution in [2.75, 3.05) is 0 Å². The van der Waals surface area contributed by atoms with Gasteiger partial charge in [0.25, 0.3) is 0 Å². The lowest BCUT2D eigenvalue weighted by atomic mass is 9.95. The Bertz CT molecular complexity index is 400. The normalized spacial score (nSPS) is 22.9. The first-order chi connectivity index (χ1) is 11.6. The third-order valence-corrected chi connectivity index (χ3v) is 5.08. The number of nitrogens with zero attached hydrogens (tertiary/aromatic N) is 2. The summed E-state index contributed by atoms with van der Waals surface area (Å²) in [4.78, 5) is 24.3. The minimum Gasteiger partial charge on any atom is -0.351 e. The van der Waals surface area contributed by atoms with Crippen molar-refractivity contribution < 1.29 is 9.59 Å². The average Bonchev–Trinajstić information content (AvgIpc) is 2.61. The Morgan fingerprint density at radius 3 is 1.38 bits per heavy atom. The van der Waals surface area contributed by atoms with Crippen LogP contribution in [-0.4, -0.2) is 36.0 Å². The first-order valence-electron chi connectivity index (χ1n) is 9.57. The molecule has 0 aliphatic heterocycles. The number of azo groups is 1. The van der Waals surface area contributed by atoms with E-state index in [9.17, 15) is 9.59 Å². The van der Waals surface area contributed by atoms with Crippen molar-refractivity contribution in [3.8, 4) is 0 Å². The van der Waals surface area contributed by atoms with Crippen molar-refractivity contribution in [1.29, 1.82) is 0 Å². The fourth-order valence-electron chi connectivity index (χ4n) is 3.44. The first kappa shape index (κ1) is 18.9. The van der Waals surface area contributed by atoms with Gasteiger partial charge in [-0.2, -0.15) is 10.2 Å². The molecule has 0 bridgehead atoms. The second-order valence-corrected chi connectivity index (χ2v) is 7.27. The van der Waals surface area contributed by atoms with Crippen LogP contribution in [0.1, 0.15) is 78.1 Å². The Labute approximate surface area is 145 Å². The standard InChI is InChI=1S/C18H32N4O2/c1-13(17(23)19-15-9-5-3-6-10-15)21-22-14(2)18(24)20-16-11-7-4-8-12-16/h13-16H,3-12H2,1-2H3,(H,19,23)(H,20,24). The van der Waals surface area contributed by atoms with Gasteiger partial charge in [0.1, 0.15) is 12.1 Å². The summed E-state index contributed by atoms with van der Waals surface area (Å²) in [5.74, 6) is -0.184. The molecule has 2 atom stereocenters. The maximum atomic E-state index is 12.1. The Kier molecular flexibility index (Phi) is 7.66. The number of hydrogen-bond donors (Lipinski definition) is 2. The van der Waals surface area contributed by atoms with E-state index < -0.39 is 12.1 Å². The average molecular weight is 336 g/mol. The van der Waals surface area contributed by atoms with Gasteiger partial charge in [-0.3, -0.25) is 9.59 Å². The first-order valence-corrected chi connectivity index (χ1v) is 9.57. The zero-order valence-electron chi connectivity index (χ0n) is 15.1. The highest BCUT2D eigenvalue weighted by Gasteiger charge is 2.21. The Morgan fingerprint density at radius 2 is 1.04 bits per heavy atom. The molecule has 136 valence electrons. The van der Waals surface area contributed by atoms with Crippen LogP contribution in [0.15, 0.2) is 10.2 Å². The fourth-order valence-corrected chi connectivity index (χ4v) is 3.44.